The summed E-state index contributed by atoms with van der Waals surface area (Å²) in [6.07, 6.45) is 6.24. The van der Waals surface area contributed by atoms with E-state index < -0.39 is 89.7 Å². The average molecular weight is 1200 g/mol. The lowest BCUT2D eigenvalue weighted by Gasteiger charge is -2.32. The Bertz CT molecular complexity index is 3980. The Labute approximate surface area is 515 Å². The fourth-order valence-electron chi connectivity index (χ4n) is 13.4. The molecule has 19 nitrogen and oxygen atoms in total. The van der Waals surface area contributed by atoms with Crippen molar-refractivity contribution in [2.24, 2.45) is 12.8 Å². The quantitative estimate of drug-likeness (QED) is 0.0746. The van der Waals surface area contributed by atoms with Crippen molar-refractivity contribution in [3.05, 3.63) is 203 Å². The first-order chi connectivity index (χ1) is 43.2. The predicted octanol–water partition coefficient (Wildman–Crippen LogP) is 4.76. The van der Waals surface area contributed by atoms with E-state index >= 15 is 4.79 Å². The van der Waals surface area contributed by atoms with Gasteiger partial charge in [0.05, 0.1) is 5.52 Å². The Kier molecular flexibility index (Phi) is 17.5. The van der Waals surface area contributed by atoms with Gasteiger partial charge in [-0.3, -0.25) is 38.4 Å². The van der Waals surface area contributed by atoms with Crippen LogP contribution in [0.3, 0.4) is 0 Å². The number of nitrogens with one attached hydrogen (secondary N) is 7. The normalized spacial score (nSPS) is 23.0. The van der Waals surface area contributed by atoms with Crippen molar-refractivity contribution in [1.29, 1.82) is 0 Å². The second-order valence-electron chi connectivity index (χ2n) is 24.0. The van der Waals surface area contributed by atoms with Gasteiger partial charge in [-0.1, -0.05) is 146 Å². The number of H-pyrrole nitrogens is 1. The molecule has 6 aromatic carbocycles. The standard InChI is InChI=1S/C70H73N11O8/c1-79-41-49(50-20-8-9-23-59(50)79)38-56-66(85)78-58(70(89)81-31-13-25-61(81)67(86)75-53(63(82)74-56)33-42-14-4-2-5-15-42)36-46-18-10-19-47(32-46)51-21-11-22-52-48(40-72-62(51)52)37-55-65(84)77-57(35-43-16-6-3-7-17-43)69(88)80-30-12-24-60(80)68(87)76-54(64(83)73-55)34-44-26-28-45(39-71)29-27-44/h2-11,14-23,26-29,32,40-41,53-58,60-61,72H,12-13,24-25,30-31,33-39,71H2,1H3,(H,73,83)(H,74,82)(H,75,86)(H,76,87)(H,77,84)(H,78,85)/t53-,54-,55+,56+,57-,58-,60+,61+/m0/s1. The summed E-state index contributed by atoms with van der Waals surface area (Å²) in [6, 6.07) is 39.0. The number of carbonyl (C=O) groups excluding carboxylic acids is 8. The molecule has 0 bridgehead atoms. The molecule has 456 valence electrons. The second kappa shape index (κ2) is 26.2. The number of amides is 8. The van der Waals surface area contributed by atoms with E-state index in [0.717, 1.165) is 60.8 Å². The van der Waals surface area contributed by atoms with E-state index in [1.807, 2.05) is 169 Å². The van der Waals surface area contributed by atoms with E-state index in [1.54, 1.807) is 6.20 Å². The van der Waals surface area contributed by atoms with E-state index in [4.69, 9.17) is 5.73 Å². The number of nitrogens with zero attached hydrogens (tertiary/aromatic N) is 3. The summed E-state index contributed by atoms with van der Waals surface area (Å²) in [5, 5.41) is 19.8. The molecule has 4 saturated heterocycles. The summed E-state index contributed by atoms with van der Waals surface area (Å²) in [6.45, 7) is 0.936. The van der Waals surface area contributed by atoms with Gasteiger partial charge >= 0.3 is 0 Å². The zero-order chi connectivity index (χ0) is 61.7. The van der Waals surface area contributed by atoms with Gasteiger partial charge in [0, 0.05) is 99.5 Å². The minimum absolute atomic E-state index is 0.000149. The van der Waals surface area contributed by atoms with Crippen LogP contribution >= 0.6 is 0 Å². The van der Waals surface area contributed by atoms with Crippen LogP contribution in [0.2, 0.25) is 0 Å². The molecule has 0 aliphatic carbocycles. The monoisotopic (exact) mass is 1200 g/mol. The van der Waals surface area contributed by atoms with E-state index in [9.17, 15) is 33.6 Å². The van der Waals surface area contributed by atoms with Crippen LogP contribution < -0.4 is 37.6 Å². The molecule has 12 rings (SSSR count). The fraction of sp³-hybridized carbons (Fsp3) is 0.314. The number of para-hydroxylation sites is 2. The van der Waals surface area contributed by atoms with Crippen molar-refractivity contribution in [2.75, 3.05) is 13.1 Å². The highest BCUT2D eigenvalue weighted by Gasteiger charge is 2.43. The van der Waals surface area contributed by atoms with E-state index in [0.29, 0.717) is 49.9 Å². The smallest absolute Gasteiger partial charge is 0.246 e. The molecule has 0 spiro atoms. The Morgan fingerprint density at radius 1 is 0.427 bits per heavy atom. The van der Waals surface area contributed by atoms with Crippen LogP contribution in [-0.2, 0) is 90.5 Å². The summed E-state index contributed by atoms with van der Waals surface area (Å²) in [4.78, 5) is 124. The molecule has 4 aliphatic rings. The third-order valence-corrected chi connectivity index (χ3v) is 18.0. The summed E-state index contributed by atoms with van der Waals surface area (Å²) < 4.78 is 1.97. The molecule has 4 aliphatic heterocycles. The van der Waals surface area contributed by atoms with Crippen LogP contribution in [0.1, 0.15) is 64.6 Å². The maximum Gasteiger partial charge on any atom is 0.246 e. The van der Waals surface area contributed by atoms with Gasteiger partial charge in [-0.2, -0.15) is 0 Å². The highest BCUT2D eigenvalue weighted by molar-refractivity contribution is 6.01. The lowest BCUT2D eigenvalue weighted by molar-refractivity contribution is -0.143. The number of aromatic nitrogens is 2. The maximum absolute atomic E-state index is 15.1. The largest absolute Gasteiger partial charge is 0.360 e. The number of rotatable bonds is 14. The highest BCUT2D eigenvalue weighted by Crippen LogP contribution is 2.33. The van der Waals surface area contributed by atoms with Crippen LogP contribution in [0.4, 0.5) is 0 Å². The van der Waals surface area contributed by atoms with E-state index in [-0.39, 0.29) is 51.0 Å². The van der Waals surface area contributed by atoms with Crippen LogP contribution in [-0.4, -0.2) is 128 Å². The van der Waals surface area contributed by atoms with Gasteiger partial charge in [0.2, 0.25) is 47.3 Å². The van der Waals surface area contributed by atoms with Crippen molar-refractivity contribution in [3.63, 3.8) is 0 Å². The molecule has 19 heteroatoms. The van der Waals surface area contributed by atoms with Gasteiger partial charge in [-0.25, -0.2) is 0 Å². The average Bonchev–Trinajstić information content (AvgIpc) is 2.42. The molecule has 4 fully saturated rings. The first-order valence-electron chi connectivity index (χ1n) is 30.8. The number of carbonyl (C=O) groups is 8. The third-order valence-electron chi connectivity index (χ3n) is 18.0. The highest BCUT2D eigenvalue weighted by atomic mass is 16.2. The molecule has 89 heavy (non-hydrogen) atoms. The molecule has 9 N–H and O–H groups in total. The lowest BCUT2D eigenvalue weighted by atomic mass is 9.95. The van der Waals surface area contributed by atoms with Gasteiger partial charge in [-0.15, -0.1) is 0 Å². The predicted molar refractivity (Wildman–Crippen MR) is 337 cm³/mol. The lowest BCUT2D eigenvalue weighted by Crippen LogP contribution is -2.62. The number of benzene rings is 6. The second-order valence-corrected chi connectivity index (χ2v) is 24.0. The molecular weight excluding hydrogens is 1120 g/mol. The van der Waals surface area contributed by atoms with Gasteiger partial charge in [0.25, 0.3) is 0 Å². The molecule has 8 amide bonds. The third kappa shape index (κ3) is 13.1. The maximum atomic E-state index is 15.1. The molecule has 0 unspecified atom stereocenters. The Balaban J connectivity index is 0.842. The van der Waals surface area contributed by atoms with Crippen molar-refractivity contribution in [1.82, 2.24) is 51.3 Å². The number of fused-ring (bicyclic) bond motifs is 4. The first kappa shape index (κ1) is 59.5. The number of aryl methyl sites for hydroxylation is 1. The zero-order valence-corrected chi connectivity index (χ0v) is 49.6. The minimum atomic E-state index is -1.21. The zero-order valence-electron chi connectivity index (χ0n) is 49.6. The van der Waals surface area contributed by atoms with E-state index in [1.165, 1.54) is 9.80 Å². The minimum Gasteiger partial charge on any atom is -0.360 e. The number of aromatic amines is 1. The van der Waals surface area contributed by atoms with Crippen molar-refractivity contribution in [3.8, 4) is 11.1 Å². The van der Waals surface area contributed by atoms with Gasteiger partial charge < -0.3 is 57.0 Å². The summed E-state index contributed by atoms with van der Waals surface area (Å²) in [5.41, 5.74) is 14.6. The molecule has 8 aromatic rings. The Morgan fingerprint density at radius 3 is 1.44 bits per heavy atom. The van der Waals surface area contributed by atoms with Crippen LogP contribution in [0.5, 0.6) is 0 Å². The molecule has 0 saturated carbocycles. The fourth-order valence-corrected chi connectivity index (χ4v) is 13.4. The molecular formula is C70H73N11O8. The first-order valence-corrected chi connectivity index (χ1v) is 30.8. The van der Waals surface area contributed by atoms with Crippen LogP contribution in [0.25, 0.3) is 32.9 Å². The van der Waals surface area contributed by atoms with Crippen molar-refractivity contribution < 1.29 is 38.4 Å². The number of hydrogen-bond donors (Lipinski definition) is 8. The van der Waals surface area contributed by atoms with Gasteiger partial charge in [0.1, 0.15) is 48.3 Å². The topological polar surface area (TPSA) is 262 Å². The Hall–Kier alpha value is -9.88. The molecule has 2 aromatic heterocycles. The van der Waals surface area contributed by atoms with Crippen molar-refractivity contribution in [2.45, 2.75) is 119 Å². The molecule has 0 radical (unpaired) electrons. The van der Waals surface area contributed by atoms with Crippen molar-refractivity contribution >= 4 is 69.1 Å². The van der Waals surface area contributed by atoms with Gasteiger partial charge in [0.15, 0.2) is 0 Å². The SMILES string of the molecule is Cn1cc(C[C@H]2NC(=O)[C@H](Cc3ccccc3)NC(=O)[C@H]3CCCN3C(=O)[C@H](Cc3cccc(-c4cccc5c(C[C@H]6NC(=O)[C@H](Cc7ccc(CN)cc7)NC(=O)[C@H]7CCCN7C(=O)[C@H](Cc7ccccc7)NC6=O)c[nH]c45)c3)NC2=O)c2ccccc21. The Morgan fingerprint density at radius 2 is 0.865 bits per heavy atom. The van der Waals surface area contributed by atoms with Crippen LogP contribution in [0.15, 0.2) is 164 Å². The number of nitrogens with two attached hydrogens (primary N) is 1. The summed E-state index contributed by atoms with van der Waals surface area (Å²) >= 11 is 0. The molecule has 8 atom stereocenters. The molecule has 6 heterocycles. The summed E-state index contributed by atoms with van der Waals surface area (Å²) in [5.74, 6) is -3.88. The van der Waals surface area contributed by atoms with E-state index in [2.05, 4.69) is 36.9 Å². The summed E-state index contributed by atoms with van der Waals surface area (Å²) in [7, 11) is 1.92. The van der Waals surface area contributed by atoms with Gasteiger partial charge in [-0.05, 0) is 76.3 Å². The number of hydrogen-bond acceptors (Lipinski definition) is 9. The van der Waals surface area contributed by atoms with Crippen LogP contribution in [0, 0.1) is 0 Å².